The van der Waals surface area contributed by atoms with Crippen molar-refractivity contribution in [2.75, 3.05) is 14.2 Å². The summed E-state index contributed by atoms with van der Waals surface area (Å²) >= 11 is 0. The third kappa shape index (κ3) is 5.47. The number of hydrogen-bond acceptors (Lipinski definition) is 7. The van der Waals surface area contributed by atoms with Crippen LogP contribution < -0.4 is 13.7 Å². The topological polar surface area (TPSA) is 92.5 Å². The monoisotopic (exact) mass is 695 g/mol. The second-order valence-electron chi connectivity index (χ2n) is 11.3. The van der Waals surface area contributed by atoms with E-state index in [2.05, 4.69) is 13.7 Å². The Bertz CT molecular complexity index is 2380. The standard InChI is InChI=1S/C38H28F3N3O5S/c1-47-29-15-11-27(12-16-29)37(26-8-4-3-5-9-26,28-13-17-30(48-2)18-14-28)44-35-21-22-42-24-33(35)32-19-20-34(43-36(32)44)25-7-6-10-31(23-25)49-50(45,46)38(39,40)41/h3-24H,1-2H3. The molecule has 0 radical (unpaired) electrons. The summed E-state index contributed by atoms with van der Waals surface area (Å²) < 4.78 is 80.6. The number of benzene rings is 4. The zero-order chi connectivity index (χ0) is 35.1. The largest absolute Gasteiger partial charge is 0.534 e. The molecule has 0 aliphatic rings. The Morgan fingerprint density at radius 3 is 1.88 bits per heavy atom. The van der Waals surface area contributed by atoms with Gasteiger partial charge < -0.3 is 18.2 Å². The molecule has 0 fully saturated rings. The molecule has 8 nitrogen and oxygen atoms in total. The number of nitrogens with zero attached hydrogens (tertiary/aromatic N) is 3. The van der Waals surface area contributed by atoms with Crippen LogP contribution in [0.5, 0.6) is 17.2 Å². The van der Waals surface area contributed by atoms with Gasteiger partial charge in [0, 0.05) is 28.7 Å². The maximum atomic E-state index is 13.1. The third-order valence-electron chi connectivity index (χ3n) is 8.58. The number of methoxy groups -OCH3 is 2. The molecule has 7 aromatic rings. The Balaban J connectivity index is 1.56. The second kappa shape index (κ2) is 12.5. The quantitative estimate of drug-likeness (QED) is 0.0852. The van der Waals surface area contributed by atoms with E-state index in [4.69, 9.17) is 14.5 Å². The van der Waals surface area contributed by atoms with E-state index in [1.807, 2.05) is 91.0 Å². The lowest BCUT2D eigenvalue weighted by molar-refractivity contribution is -0.0500. The number of ether oxygens (including phenoxy) is 2. The predicted molar refractivity (Wildman–Crippen MR) is 184 cm³/mol. The van der Waals surface area contributed by atoms with E-state index in [1.165, 1.54) is 12.1 Å². The fraction of sp³-hybridized carbons (Fsp3) is 0.105. The van der Waals surface area contributed by atoms with E-state index in [0.717, 1.165) is 39.0 Å². The van der Waals surface area contributed by atoms with Crippen molar-refractivity contribution in [2.45, 2.75) is 11.0 Å². The summed E-state index contributed by atoms with van der Waals surface area (Å²) in [5, 5.41) is 1.59. The van der Waals surface area contributed by atoms with Crippen LogP contribution in [0.4, 0.5) is 13.2 Å². The fourth-order valence-electron chi connectivity index (χ4n) is 6.35. The SMILES string of the molecule is COc1ccc(C(c2ccccc2)(c2ccc(OC)cc2)n2c3ccncc3c3ccc(-c4cccc(OS(=O)(=O)C(F)(F)F)c4)nc32)cc1. The molecule has 3 aromatic heterocycles. The van der Waals surface area contributed by atoms with Crippen LogP contribution in [0.15, 0.2) is 134 Å². The number of alkyl halides is 3. The van der Waals surface area contributed by atoms with Crippen LogP contribution in [0, 0.1) is 0 Å². The van der Waals surface area contributed by atoms with E-state index in [-0.39, 0.29) is 0 Å². The zero-order valence-electron chi connectivity index (χ0n) is 26.6. The Kier molecular flexibility index (Phi) is 8.19. The molecule has 0 saturated carbocycles. The maximum absolute atomic E-state index is 13.1. The summed E-state index contributed by atoms with van der Waals surface area (Å²) in [6.07, 6.45) is 3.47. The first-order valence-corrected chi connectivity index (χ1v) is 16.7. The van der Waals surface area contributed by atoms with Gasteiger partial charge in [0.1, 0.15) is 28.4 Å². The Morgan fingerprint density at radius 2 is 1.28 bits per heavy atom. The average molecular weight is 696 g/mol. The Labute approximate surface area is 285 Å². The van der Waals surface area contributed by atoms with Crippen LogP contribution in [-0.4, -0.2) is 42.7 Å². The molecule has 0 aliphatic carbocycles. The van der Waals surface area contributed by atoms with Gasteiger partial charge in [0.15, 0.2) is 0 Å². The van der Waals surface area contributed by atoms with Crippen molar-refractivity contribution in [3.63, 3.8) is 0 Å². The molecule has 0 N–H and O–H groups in total. The van der Waals surface area contributed by atoms with Crippen LogP contribution in [0.2, 0.25) is 0 Å². The molecule has 0 saturated heterocycles. The predicted octanol–water partition coefficient (Wildman–Crippen LogP) is 8.34. The fourth-order valence-corrected chi connectivity index (χ4v) is 6.80. The van der Waals surface area contributed by atoms with Gasteiger partial charge in [-0.05, 0) is 71.3 Å². The smallest absolute Gasteiger partial charge is 0.497 e. The van der Waals surface area contributed by atoms with Crippen LogP contribution in [0.25, 0.3) is 33.2 Å². The van der Waals surface area contributed by atoms with Gasteiger partial charge in [-0.25, -0.2) is 4.98 Å². The Hall–Kier alpha value is -5.88. The molecule has 0 aliphatic heterocycles. The number of halogens is 3. The highest BCUT2D eigenvalue weighted by atomic mass is 32.2. The molecule has 0 unspecified atom stereocenters. The van der Waals surface area contributed by atoms with Crippen LogP contribution >= 0.6 is 0 Å². The van der Waals surface area contributed by atoms with Gasteiger partial charge >= 0.3 is 15.6 Å². The number of pyridine rings is 2. The van der Waals surface area contributed by atoms with E-state index in [1.54, 1.807) is 38.7 Å². The van der Waals surface area contributed by atoms with Crippen molar-refractivity contribution in [3.8, 4) is 28.5 Å². The molecule has 12 heteroatoms. The van der Waals surface area contributed by atoms with Gasteiger partial charge in [-0.15, -0.1) is 0 Å². The lowest BCUT2D eigenvalue weighted by Crippen LogP contribution is -2.37. The van der Waals surface area contributed by atoms with Gasteiger partial charge in [-0.1, -0.05) is 66.7 Å². The normalized spacial score (nSPS) is 12.3. The molecule has 0 bridgehead atoms. The van der Waals surface area contributed by atoms with Crippen molar-refractivity contribution < 1.29 is 35.2 Å². The highest BCUT2D eigenvalue weighted by molar-refractivity contribution is 7.88. The highest BCUT2D eigenvalue weighted by Crippen LogP contribution is 2.47. The molecular weight excluding hydrogens is 667 g/mol. The summed E-state index contributed by atoms with van der Waals surface area (Å²) in [4.78, 5) is 9.57. The first-order chi connectivity index (χ1) is 24.1. The third-order valence-corrected chi connectivity index (χ3v) is 9.56. The van der Waals surface area contributed by atoms with Gasteiger partial charge in [-0.2, -0.15) is 21.6 Å². The molecule has 252 valence electrons. The minimum atomic E-state index is -5.88. The summed E-state index contributed by atoms with van der Waals surface area (Å²) in [6, 6.07) is 36.4. The summed E-state index contributed by atoms with van der Waals surface area (Å²) in [5.74, 6) is 0.848. The van der Waals surface area contributed by atoms with Crippen molar-refractivity contribution in [1.82, 2.24) is 14.5 Å². The van der Waals surface area contributed by atoms with Gasteiger partial charge in [0.25, 0.3) is 0 Å². The molecule has 3 heterocycles. The average Bonchev–Trinajstić information content (AvgIpc) is 3.46. The van der Waals surface area contributed by atoms with Crippen molar-refractivity contribution in [1.29, 1.82) is 0 Å². The van der Waals surface area contributed by atoms with Gasteiger partial charge in [0.2, 0.25) is 0 Å². The molecule has 7 rings (SSSR count). The Morgan fingerprint density at radius 1 is 0.660 bits per heavy atom. The molecule has 0 amide bonds. The second-order valence-corrected chi connectivity index (χ2v) is 12.9. The molecule has 50 heavy (non-hydrogen) atoms. The van der Waals surface area contributed by atoms with E-state index in [9.17, 15) is 21.6 Å². The minimum Gasteiger partial charge on any atom is -0.497 e. The van der Waals surface area contributed by atoms with Crippen LogP contribution in [0.3, 0.4) is 0 Å². The van der Waals surface area contributed by atoms with E-state index < -0.39 is 26.9 Å². The molecule has 0 spiro atoms. The first-order valence-electron chi connectivity index (χ1n) is 15.3. The molecule has 0 atom stereocenters. The molecular formula is C38H28F3N3O5S. The number of fused-ring (bicyclic) bond motifs is 3. The number of rotatable bonds is 9. The van der Waals surface area contributed by atoms with Crippen molar-refractivity contribution in [2.24, 2.45) is 0 Å². The number of hydrogen-bond donors (Lipinski definition) is 0. The summed E-state index contributed by atoms with van der Waals surface area (Å²) in [6.45, 7) is 0. The molecule has 4 aromatic carbocycles. The van der Waals surface area contributed by atoms with Crippen LogP contribution in [0.1, 0.15) is 16.7 Å². The van der Waals surface area contributed by atoms with E-state index >= 15 is 0 Å². The zero-order valence-corrected chi connectivity index (χ0v) is 27.4. The van der Waals surface area contributed by atoms with Crippen LogP contribution in [-0.2, 0) is 15.7 Å². The lowest BCUT2D eigenvalue weighted by atomic mass is 9.76. The minimum absolute atomic E-state index is 0.343. The summed E-state index contributed by atoms with van der Waals surface area (Å²) in [7, 11) is -2.67. The van der Waals surface area contributed by atoms with E-state index in [0.29, 0.717) is 28.4 Å². The van der Waals surface area contributed by atoms with Gasteiger partial charge in [0.05, 0.1) is 25.4 Å². The maximum Gasteiger partial charge on any atom is 0.534 e. The highest BCUT2D eigenvalue weighted by Gasteiger charge is 2.48. The lowest BCUT2D eigenvalue weighted by Gasteiger charge is -2.39. The van der Waals surface area contributed by atoms with Gasteiger partial charge in [-0.3, -0.25) is 4.98 Å². The van der Waals surface area contributed by atoms with Crippen molar-refractivity contribution in [3.05, 3.63) is 150 Å². The summed E-state index contributed by atoms with van der Waals surface area (Å²) in [5.41, 5.74) is -1.91. The van der Waals surface area contributed by atoms with Crippen molar-refractivity contribution >= 4 is 32.1 Å². The first kappa shape index (κ1) is 32.7. The number of aromatic nitrogens is 3.